The molecule has 0 unspecified atom stereocenters. The highest BCUT2D eigenvalue weighted by Gasteiger charge is 2.30. The highest BCUT2D eigenvalue weighted by atomic mass is 32.2. The van der Waals surface area contributed by atoms with Crippen molar-refractivity contribution < 1.29 is 8.42 Å². The predicted molar refractivity (Wildman–Crippen MR) is 89.6 cm³/mol. The van der Waals surface area contributed by atoms with Gasteiger partial charge >= 0.3 is 0 Å². The van der Waals surface area contributed by atoms with E-state index in [9.17, 15) is 8.42 Å². The summed E-state index contributed by atoms with van der Waals surface area (Å²) < 4.78 is 29.5. The maximum atomic E-state index is 12.9. The molecule has 1 aliphatic heterocycles. The van der Waals surface area contributed by atoms with Crippen LogP contribution in [0.4, 0.5) is 0 Å². The summed E-state index contributed by atoms with van der Waals surface area (Å²) in [6, 6.07) is 5.61. The monoisotopic (exact) mass is 333 g/mol. The number of nitrogens with zero attached hydrogens (tertiary/aromatic N) is 3. The first-order chi connectivity index (χ1) is 11.0. The standard InChI is InChI=1S/C17H23N3O2S/c1-14-3-4-15(2)17(11-14)23(21,22)20-8-5-16(6-9-20)12-19-10-7-18-13-19/h3-4,7,10-11,13,16H,5-6,8-9,12H2,1-2H3. The molecule has 1 fully saturated rings. The van der Waals surface area contributed by atoms with Gasteiger partial charge in [-0.3, -0.25) is 0 Å². The van der Waals surface area contributed by atoms with Crippen LogP contribution < -0.4 is 0 Å². The molecule has 6 heteroatoms. The molecular weight excluding hydrogens is 310 g/mol. The summed E-state index contributed by atoms with van der Waals surface area (Å²) in [5.41, 5.74) is 1.79. The molecule has 1 aromatic carbocycles. The van der Waals surface area contributed by atoms with Crippen LogP contribution in [0.15, 0.2) is 41.8 Å². The molecule has 2 aromatic rings. The minimum atomic E-state index is -3.39. The van der Waals surface area contributed by atoms with Crippen LogP contribution in [0.5, 0.6) is 0 Å². The lowest BCUT2D eigenvalue weighted by Crippen LogP contribution is -2.39. The Bertz CT molecular complexity index is 761. The Labute approximate surface area is 138 Å². The second kappa shape index (κ2) is 6.45. The van der Waals surface area contributed by atoms with Gasteiger partial charge in [-0.25, -0.2) is 13.4 Å². The zero-order chi connectivity index (χ0) is 16.4. The molecule has 0 radical (unpaired) electrons. The summed E-state index contributed by atoms with van der Waals surface area (Å²) in [6.07, 6.45) is 7.34. The number of aromatic nitrogens is 2. The van der Waals surface area contributed by atoms with Crippen LogP contribution >= 0.6 is 0 Å². The topological polar surface area (TPSA) is 55.2 Å². The summed E-state index contributed by atoms with van der Waals surface area (Å²) >= 11 is 0. The van der Waals surface area contributed by atoms with Gasteiger partial charge in [0, 0.05) is 32.0 Å². The first kappa shape index (κ1) is 16.2. The molecule has 0 bridgehead atoms. The number of hydrogen-bond donors (Lipinski definition) is 0. The van der Waals surface area contributed by atoms with E-state index in [-0.39, 0.29) is 0 Å². The highest BCUT2D eigenvalue weighted by Crippen LogP contribution is 2.27. The largest absolute Gasteiger partial charge is 0.337 e. The van der Waals surface area contributed by atoms with Gasteiger partial charge in [0.1, 0.15) is 0 Å². The Hall–Kier alpha value is -1.66. The van der Waals surface area contributed by atoms with Gasteiger partial charge in [0.15, 0.2) is 0 Å². The van der Waals surface area contributed by atoms with E-state index in [1.807, 2.05) is 38.5 Å². The molecule has 0 spiro atoms. The number of imidazole rings is 1. The van der Waals surface area contributed by atoms with Gasteiger partial charge in [0.05, 0.1) is 11.2 Å². The first-order valence-electron chi connectivity index (χ1n) is 8.00. The van der Waals surface area contributed by atoms with Crippen molar-refractivity contribution in [2.24, 2.45) is 5.92 Å². The van der Waals surface area contributed by atoms with E-state index in [4.69, 9.17) is 0 Å². The molecule has 3 rings (SSSR count). The summed E-state index contributed by atoms with van der Waals surface area (Å²) in [4.78, 5) is 4.51. The third-order valence-electron chi connectivity index (χ3n) is 4.56. The van der Waals surface area contributed by atoms with Crippen LogP contribution in [0.3, 0.4) is 0 Å². The lowest BCUT2D eigenvalue weighted by molar-refractivity contribution is 0.253. The smallest absolute Gasteiger partial charge is 0.243 e. The van der Waals surface area contributed by atoms with Gasteiger partial charge in [-0.1, -0.05) is 12.1 Å². The Morgan fingerprint density at radius 1 is 1.22 bits per heavy atom. The molecule has 23 heavy (non-hydrogen) atoms. The molecule has 5 nitrogen and oxygen atoms in total. The Kier molecular flexibility index (Phi) is 4.55. The van der Waals surface area contributed by atoms with E-state index in [2.05, 4.69) is 9.55 Å². The average Bonchev–Trinajstić information content (AvgIpc) is 3.03. The zero-order valence-electron chi connectivity index (χ0n) is 13.6. The van der Waals surface area contributed by atoms with Crippen molar-refractivity contribution in [2.45, 2.75) is 38.1 Å². The molecule has 0 amide bonds. The van der Waals surface area contributed by atoms with Crippen molar-refractivity contribution in [2.75, 3.05) is 13.1 Å². The van der Waals surface area contributed by atoms with Crippen molar-refractivity contribution in [1.29, 1.82) is 0 Å². The van der Waals surface area contributed by atoms with E-state index in [1.54, 1.807) is 16.6 Å². The predicted octanol–water partition coefficient (Wildman–Crippen LogP) is 2.60. The number of hydrogen-bond acceptors (Lipinski definition) is 3. The maximum Gasteiger partial charge on any atom is 0.243 e. The van der Waals surface area contributed by atoms with Crippen molar-refractivity contribution in [3.63, 3.8) is 0 Å². The molecule has 0 aliphatic carbocycles. The second-order valence-electron chi connectivity index (χ2n) is 6.38. The van der Waals surface area contributed by atoms with E-state index in [0.29, 0.717) is 23.9 Å². The quantitative estimate of drug-likeness (QED) is 0.864. The van der Waals surface area contributed by atoms with Crippen LogP contribution in [0.2, 0.25) is 0 Å². The van der Waals surface area contributed by atoms with E-state index >= 15 is 0 Å². The van der Waals surface area contributed by atoms with Gasteiger partial charge in [-0.05, 0) is 49.8 Å². The van der Waals surface area contributed by atoms with Crippen molar-refractivity contribution in [3.8, 4) is 0 Å². The minimum absolute atomic E-state index is 0.450. The molecule has 1 aromatic heterocycles. The Balaban J connectivity index is 1.70. The fourth-order valence-electron chi connectivity index (χ4n) is 3.15. The van der Waals surface area contributed by atoms with Crippen LogP contribution in [0.25, 0.3) is 0 Å². The molecule has 0 N–H and O–H groups in total. The van der Waals surface area contributed by atoms with Crippen LogP contribution in [-0.4, -0.2) is 35.4 Å². The minimum Gasteiger partial charge on any atom is -0.337 e. The second-order valence-corrected chi connectivity index (χ2v) is 8.28. The highest BCUT2D eigenvalue weighted by molar-refractivity contribution is 7.89. The molecule has 0 saturated carbocycles. The molecule has 124 valence electrons. The Morgan fingerprint density at radius 2 is 1.96 bits per heavy atom. The third-order valence-corrected chi connectivity index (χ3v) is 6.60. The van der Waals surface area contributed by atoms with Crippen molar-refractivity contribution in [1.82, 2.24) is 13.9 Å². The molecule has 2 heterocycles. The third kappa shape index (κ3) is 3.48. The van der Waals surface area contributed by atoms with Crippen molar-refractivity contribution in [3.05, 3.63) is 48.0 Å². The molecule has 1 aliphatic rings. The number of aryl methyl sites for hydroxylation is 2. The van der Waals surface area contributed by atoms with Gasteiger partial charge < -0.3 is 4.57 Å². The first-order valence-corrected chi connectivity index (χ1v) is 9.44. The van der Waals surface area contributed by atoms with E-state index in [1.165, 1.54) is 0 Å². The molecular formula is C17H23N3O2S. The van der Waals surface area contributed by atoms with Crippen molar-refractivity contribution >= 4 is 10.0 Å². The normalized spacial score (nSPS) is 17.5. The summed E-state index contributed by atoms with van der Waals surface area (Å²) in [6.45, 7) is 5.88. The van der Waals surface area contributed by atoms with Crippen LogP contribution in [0.1, 0.15) is 24.0 Å². The SMILES string of the molecule is Cc1ccc(C)c(S(=O)(=O)N2CCC(Cn3ccnc3)CC2)c1. The molecule has 1 saturated heterocycles. The van der Waals surface area contributed by atoms with Crippen LogP contribution in [0, 0.1) is 19.8 Å². The summed E-state index contributed by atoms with van der Waals surface area (Å²) in [5.74, 6) is 0.509. The van der Waals surface area contributed by atoms with Gasteiger partial charge in [0.2, 0.25) is 10.0 Å². The van der Waals surface area contributed by atoms with E-state index in [0.717, 1.165) is 30.5 Å². The summed E-state index contributed by atoms with van der Waals surface area (Å²) in [5, 5.41) is 0. The number of rotatable bonds is 4. The number of piperidine rings is 1. The summed E-state index contributed by atoms with van der Waals surface area (Å²) in [7, 11) is -3.39. The zero-order valence-corrected chi connectivity index (χ0v) is 14.5. The molecule has 0 atom stereocenters. The fourth-order valence-corrected chi connectivity index (χ4v) is 4.93. The number of benzene rings is 1. The van der Waals surface area contributed by atoms with Crippen LogP contribution in [-0.2, 0) is 16.6 Å². The number of sulfonamides is 1. The maximum absolute atomic E-state index is 12.9. The lowest BCUT2D eigenvalue weighted by Gasteiger charge is -2.31. The lowest BCUT2D eigenvalue weighted by atomic mass is 9.98. The Morgan fingerprint density at radius 3 is 2.61 bits per heavy atom. The fraction of sp³-hybridized carbons (Fsp3) is 0.471. The van der Waals surface area contributed by atoms with Gasteiger partial charge in [-0.15, -0.1) is 0 Å². The van der Waals surface area contributed by atoms with Gasteiger partial charge in [0.25, 0.3) is 0 Å². The average molecular weight is 333 g/mol. The van der Waals surface area contributed by atoms with Gasteiger partial charge in [-0.2, -0.15) is 4.31 Å². The van der Waals surface area contributed by atoms with E-state index < -0.39 is 10.0 Å².